The summed E-state index contributed by atoms with van der Waals surface area (Å²) < 4.78 is 5.26. The molecule has 0 unspecified atom stereocenters. The van der Waals surface area contributed by atoms with Gasteiger partial charge in [-0.15, -0.1) is 0 Å². The molecule has 7 heteroatoms. The van der Waals surface area contributed by atoms with E-state index in [1.807, 2.05) is 38.1 Å². The van der Waals surface area contributed by atoms with Crippen LogP contribution in [0.5, 0.6) is 5.75 Å². The third kappa shape index (κ3) is 3.98. The number of fused-ring (bicyclic) bond motifs is 1. The van der Waals surface area contributed by atoms with Crippen molar-refractivity contribution in [1.82, 2.24) is 10.2 Å². The number of benzene rings is 2. The van der Waals surface area contributed by atoms with E-state index in [0.29, 0.717) is 35.7 Å². The molecule has 146 valence electrons. The summed E-state index contributed by atoms with van der Waals surface area (Å²) in [6, 6.07) is 11.7. The summed E-state index contributed by atoms with van der Waals surface area (Å²) in [5.41, 5.74) is 1.97. The van der Waals surface area contributed by atoms with Crippen molar-refractivity contribution in [3.8, 4) is 5.75 Å². The van der Waals surface area contributed by atoms with Gasteiger partial charge in [-0.1, -0.05) is 32.0 Å². The molecule has 0 bridgehead atoms. The van der Waals surface area contributed by atoms with Crippen LogP contribution < -0.4 is 15.4 Å². The lowest BCUT2D eigenvalue weighted by molar-refractivity contribution is 0.0636. The number of carbonyl (C=O) groups excluding carboxylic acids is 3. The number of ether oxygens (including phenoxy) is 1. The number of amides is 4. The molecular formula is C21H23N3O4. The number of urea groups is 1. The number of hydrogen-bond donors (Lipinski definition) is 2. The van der Waals surface area contributed by atoms with Crippen molar-refractivity contribution in [3.63, 3.8) is 0 Å². The SMILES string of the molecule is COc1ccccc1CNC(=O)Nc1ccc2c(c1)C(=O)N(CC(C)C)C2=O. The zero-order valence-corrected chi connectivity index (χ0v) is 16.1. The topological polar surface area (TPSA) is 87.7 Å². The van der Waals surface area contributed by atoms with Crippen LogP contribution in [0.4, 0.5) is 10.5 Å². The molecule has 0 saturated carbocycles. The number of nitrogens with one attached hydrogen (secondary N) is 2. The van der Waals surface area contributed by atoms with Gasteiger partial charge in [0, 0.05) is 24.3 Å². The molecule has 1 aliphatic rings. The fraction of sp³-hybridized carbons (Fsp3) is 0.286. The molecule has 0 aromatic heterocycles. The minimum absolute atomic E-state index is 0.181. The third-order valence-electron chi connectivity index (χ3n) is 4.41. The van der Waals surface area contributed by atoms with Crippen LogP contribution in [0.1, 0.15) is 40.1 Å². The molecule has 7 nitrogen and oxygen atoms in total. The van der Waals surface area contributed by atoms with Crippen molar-refractivity contribution in [3.05, 3.63) is 59.2 Å². The lowest BCUT2D eigenvalue weighted by Gasteiger charge is -2.15. The van der Waals surface area contributed by atoms with Gasteiger partial charge in [0.25, 0.3) is 11.8 Å². The second-order valence-corrected chi connectivity index (χ2v) is 6.99. The van der Waals surface area contributed by atoms with E-state index in [1.165, 1.54) is 4.90 Å². The third-order valence-corrected chi connectivity index (χ3v) is 4.41. The largest absolute Gasteiger partial charge is 0.496 e. The lowest BCUT2D eigenvalue weighted by atomic mass is 10.1. The molecule has 1 heterocycles. The van der Waals surface area contributed by atoms with E-state index < -0.39 is 6.03 Å². The highest BCUT2D eigenvalue weighted by Gasteiger charge is 2.35. The first-order chi connectivity index (χ1) is 13.4. The van der Waals surface area contributed by atoms with Gasteiger partial charge < -0.3 is 15.4 Å². The molecule has 2 aromatic carbocycles. The van der Waals surface area contributed by atoms with Crippen LogP contribution in [-0.4, -0.2) is 36.4 Å². The van der Waals surface area contributed by atoms with Crippen molar-refractivity contribution in [2.45, 2.75) is 20.4 Å². The van der Waals surface area contributed by atoms with Crippen LogP contribution in [0.2, 0.25) is 0 Å². The molecule has 0 atom stereocenters. The number of imide groups is 1. The number of rotatable bonds is 6. The Morgan fingerprint density at radius 1 is 1.07 bits per heavy atom. The van der Waals surface area contributed by atoms with Crippen molar-refractivity contribution < 1.29 is 19.1 Å². The summed E-state index contributed by atoms with van der Waals surface area (Å²) >= 11 is 0. The summed E-state index contributed by atoms with van der Waals surface area (Å²) in [7, 11) is 1.57. The van der Waals surface area contributed by atoms with Crippen molar-refractivity contribution in [2.75, 3.05) is 19.0 Å². The first-order valence-electron chi connectivity index (χ1n) is 9.07. The van der Waals surface area contributed by atoms with Gasteiger partial charge in [0.2, 0.25) is 0 Å². The molecule has 0 fully saturated rings. The van der Waals surface area contributed by atoms with Gasteiger partial charge in [0.15, 0.2) is 0 Å². The molecule has 28 heavy (non-hydrogen) atoms. The quantitative estimate of drug-likeness (QED) is 0.752. The minimum atomic E-state index is -0.415. The summed E-state index contributed by atoms with van der Waals surface area (Å²) in [6.45, 7) is 4.56. The van der Waals surface area contributed by atoms with E-state index in [9.17, 15) is 14.4 Å². The van der Waals surface area contributed by atoms with E-state index in [2.05, 4.69) is 10.6 Å². The van der Waals surface area contributed by atoms with Gasteiger partial charge in [-0.3, -0.25) is 14.5 Å². The summed E-state index contributed by atoms with van der Waals surface area (Å²) in [5, 5.41) is 5.45. The second-order valence-electron chi connectivity index (χ2n) is 6.99. The molecule has 0 spiro atoms. The summed E-state index contributed by atoms with van der Waals surface area (Å²) in [4.78, 5) is 38.4. The normalized spacial score (nSPS) is 12.9. The van der Waals surface area contributed by atoms with Gasteiger partial charge >= 0.3 is 6.03 Å². The van der Waals surface area contributed by atoms with Crippen LogP contribution in [0.3, 0.4) is 0 Å². The molecule has 0 aliphatic carbocycles. The van der Waals surface area contributed by atoms with E-state index in [4.69, 9.17) is 4.74 Å². The van der Waals surface area contributed by atoms with Gasteiger partial charge in [0.1, 0.15) is 5.75 Å². The maximum Gasteiger partial charge on any atom is 0.319 e. The zero-order chi connectivity index (χ0) is 20.3. The molecule has 2 aromatic rings. The molecule has 2 N–H and O–H groups in total. The molecule has 4 amide bonds. The predicted octanol–water partition coefficient (Wildman–Crippen LogP) is 3.27. The Kier molecular flexibility index (Phi) is 5.63. The highest BCUT2D eigenvalue weighted by molar-refractivity contribution is 6.21. The summed E-state index contributed by atoms with van der Waals surface area (Å²) in [6.07, 6.45) is 0. The van der Waals surface area contributed by atoms with E-state index in [-0.39, 0.29) is 17.7 Å². The average Bonchev–Trinajstić information content (AvgIpc) is 2.90. The molecule has 3 rings (SSSR count). The Bertz CT molecular complexity index is 924. The predicted molar refractivity (Wildman–Crippen MR) is 105 cm³/mol. The van der Waals surface area contributed by atoms with Crippen LogP contribution in [0.15, 0.2) is 42.5 Å². The van der Waals surface area contributed by atoms with Crippen LogP contribution >= 0.6 is 0 Å². The van der Waals surface area contributed by atoms with Gasteiger partial charge in [-0.2, -0.15) is 0 Å². The van der Waals surface area contributed by atoms with E-state index in [0.717, 1.165) is 5.56 Å². The van der Waals surface area contributed by atoms with Gasteiger partial charge in [0.05, 0.1) is 18.2 Å². The van der Waals surface area contributed by atoms with Crippen LogP contribution in [0, 0.1) is 5.92 Å². The Morgan fingerprint density at radius 2 is 1.79 bits per heavy atom. The highest BCUT2D eigenvalue weighted by Crippen LogP contribution is 2.26. The molecule has 1 aliphatic heterocycles. The van der Waals surface area contributed by atoms with Gasteiger partial charge in [-0.05, 0) is 30.2 Å². The first-order valence-corrected chi connectivity index (χ1v) is 9.07. The maximum atomic E-state index is 12.5. The van der Waals surface area contributed by atoms with Crippen LogP contribution in [0.25, 0.3) is 0 Å². The van der Waals surface area contributed by atoms with E-state index in [1.54, 1.807) is 25.3 Å². The van der Waals surface area contributed by atoms with Crippen molar-refractivity contribution >= 4 is 23.5 Å². The number of nitrogens with zero attached hydrogens (tertiary/aromatic N) is 1. The average molecular weight is 381 g/mol. The number of para-hydroxylation sites is 1. The fourth-order valence-corrected chi connectivity index (χ4v) is 3.10. The molecular weight excluding hydrogens is 358 g/mol. The van der Waals surface area contributed by atoms with Crippen molar-refractivity contribution in [1.29, 1.82) is 0 Å². The Balaban J connectivity index is 1.66. The number of anilines is 1. The summed E-state index contributed by atoms with van der Waals surface area (Å²) in [5.74, 6) is 0.253. The van der Waals surface area contributed by atoms with Gasteiger partial charge in [-0.25, -0.2) is 4.79 Å². The highest BCUT2D eigenvalue weighted by atomic mass is 16.5. The minimum Gasteiger partial charge on any atom is -0.496 e. The standard InChI is InChI=1S/C21H23N3O4/c1-13(2)12-24-19(25)16-9-8-15(10-17(16)20(24)26)23-21(27)22-11-14-6-4-5-7-18(14)28-3/h4-10,13H,11-12H2,1-3H3,(H2,22,23,27). The number of methoxy groups -OCH3 is 1. The molecule has 0 radical (unpaired) electrons. The first kappa shape index (κ1) is 19.4. The van der Waals surface area contributed by atoms with Crippen LogP contribution in [-0.2, 0) is 6.54 Å². The number of carbonyl (C=O) groups is 3. The maximum absolute atomic E-state index is 12.5. The van der Waals surface area contributed by atoms with Crippen molar-refractivity contribution in [2.24, 2.45) is 5.92 Å². The smallest absolute Gasteiger partial charge is 0.319 e. The monoisotopic (exact) mass is 381 g/mol. The fourth-order valence-electron chi connectivity index (χ4n) is 3.10. The Hall–Kier alpha value is -3.35. The Labute approximate surface area is 163 Å². The molecule has 0 saturated heterocycles. The zero-order valence-electron chi connectivity index (χ0n) is 16.1. The van der Waals surface area contributed by atoms with E-state index >= 15 is 0 Å². The lowest BCUT2D eigenvalue weighted by Crippen LogP contribution is -2.33. The second kappa shape index (κ2) is 8.12. The number of hydrogen-bond acceptors (Lipinski definition) is 4. The Morgan fingerprint density at radius 3 is 2.50 bits per heavy atom.